The third-order valence-electron chi connectivity index (χ3n) is 7.78. The number of hydrogen-bond acceptors (Lipinski definition) is 6. The molecule has 3 aromatic heterocycles. The van der Waals surface area contributed by atoms with Crippen molar-refractivity contribution < 1.29 is 22.7 Å². The lowest BCUT2D eigenvalue weighted by Gasteiger charge is -2.47. The van der Waals surface area contributed by atoms with Gasteiger partial charge in [-0.2, -0.15) is 18.4 Å². The Morgan fingerprint density at radius 3 is 2.71 bits per heavy atom. The van der Waals surface area contributed by atoms with Crippen LogP contribution in [0.1, 0.15) is 65.1 Å². The molecule has 2 N–H and O–H groups in total. The number of carbonyl (C=O) groups is 1. The first-order chi connectivity index (χ1) is 19.7. The van der Waals surface area contributed by atoms with Crippen LogP contribution < -0.4 is 5.32 Å². The molecule has 1 unspecified atom stereocenters. The van der Waals surface area contributed by atoms with Crippen LogP contribution in [0.15, 0.2) is 30.7 Å². The van der Waals surface area contributed by atoms with E-state index in [-0.39, 0.29) is 45.9 Å². The van der Waals surface area contributed by atoms with Crippen molar-refractivity contribution in [3.8, 4) is 17.3 Å². The number of aromatic nitrogens is 4. The Bertz CT molecular complexity index is 1720. The number of fused-ring (bicyclic) bond motifs is 2. The number of aromatic amines is 1. The lowest BCUT2D eigenvalue weighted by molar-refractivity contribution is -0.141. The largest absolute Gasteiger partial charge is 0.444 e. The van der Waals surface area contributed by atoms with Gasteiger partial charge >= 0.3 is 12.3 Å². The average molecular weight is 602 g/mol. The molecule has 2 atom stereocenters. The molecule has 42 heavy (non-hydrogen) atoms. The number of likely N-dealkylation sites (tertiary alicyclic amines) is 1. The van der Waals surface area contributed by atoms with Gasteiger partial charge in [0.2, 0.25) is 0 Å². The Morgan fingerprint density at radius 1 is 1.33 bits per heavy atom. The van der Waals surface area contributed by atoms with Crippen molar-refractivity contribution in [3.05, 3.63) is 47.0 Å². The second-order valence-electron chi connectivity index (χ2n) is 11.8. The Hall–Kier alpha value is -3.98. The van der Waals surface area contributed by atoms with Gasteiger partial charge < -0.3 is 19.9 Å². The van der Waals surface area contributed by atoms with Gasteiger partial charge in [0.1, 0.15) is 17.4 Å². The number of anilines is 1. The molecule has 9 nitrogen and oxygen atoms in total. The Labute approximate surface area is 245 Å². The number of benzene rings is 1. The van der Waals surface area contributed by atoms with Crippen molar-refractivity contribution in [2.45, 2.75) is 77.2 Å². The van der Waals surface area contributed by atoms with E-state index in [1.54, 1.807) is 31.7 Å². The summed E-state index contributed by atoms with van der Waals surface area (Å²) in [4.78, 5) is 26.5. The van der Waals surface area contributed by atoms with Gasteiger partial charge in [-0.15, -0.1) is 0 Å². The van der Waals surface area contributed by atoms with E-state index < -0.39 is 29.1 Å². The zero-order valence-corrected chi connectivity index (χ0v) is 24.6. The highest BCUT2D eigenvalue weighted by Gasteiger charge is 2.43. The summed E-state index contributed by atoms with van der Waals surface area (Å²) in [6.45, 7) is 9.69. The Balaban J connectivity index is 1.60. The lowest BCUT2D eigenvalue weighted by atomic mass is 9.84. The van der Waals surface area contributed by atoms with Gasteiger partial charge in [-0.05, 0) is 53.0 Å². The first-order valence-corrected chi connectivity index (χ1v) is 14.0. The third kappa shape index (κ3) is 5.22. The second kappa shape index (κ2) is 10.4. The molecule has 4 heterocycles. The molecule has 0 radical (unpaired) electrons. The van der Waals surface area contributed by atoms with Gasteiger partial charge in [-0.25, -0.2) is 14.8 Å². The van der Waals surface area contributed by atoms with Gasteiger partial charge in [-0.1, -0.05) is 24.6 Å². The van der Waals surface area contributed by atoms with E-state index >= 15 is 0 Å². The van der Waals surface area contributed by atoms with Crippen molar-refractivity contribution >= 4 is 40.1 Å². The summed E-state index contributed by atoms with van der Waals surface area (Å²) in [6.07, 6.45) is 0.719. The smallest absolute Gasteiger partial charge is 0.433 e. The predicted molar refractivity (Wildman–Crippen MR) is 153 cm³/mol. The molecule has 1 fully saturated rings. The quantitative estimate of drug-likeness (QED) is 0.252. The fraction of sp³-hybridized carbons (Fsp3) is 0.448. The highest BCUT2D eigenvalue weighted by molar-refractivity contribution is 6.36. The summed E-state index contributed by atoms with van der Waals surface area (Å²) in [6, 6.07) is 4.65. The zero-order valence-electron chi connectivity index (χ0n) is 23.9. The molecule has 5 rings (SSSR count). The SMILES string of the molecule is CCC1(C)CC[C@H](Nc2nc(-c3c[nH]c4c(Cl)c(C#N)ccc34)c(C(F)(F)F)n3ccnc23)CN1C(=O)OC(C)(C)C. The molecule has 1 aromatic carbocycles. The molecular formula is C29H31ClF3N7O2. The number of piperidine rings is 1. The van der Waals surface area contributed by atoms with E-state index in [2.05, 4.69) is 20.3 Å². The van der Waals surface area contributed by atoms with Crippen LogP contribution in [-0.4, -0.2) is 54.1 Å². The maximum Gasteiger partial charge on any atom is 0.433 e. The molecule has 4 aromatic rings. The number of H-pyrrole nitrogens is 1. The van der Waals surface area contributed by atoms with Crippen molar-refractivity contribution in [1.29, 1.82) is 5.26 Å². The average Bonchev–Trinajstić information content (AvgIpc) is 3.56. The summed E-state index contributed by atoms with van der Waals surface area (Å²) in [5.74, 6) is 0.145. The number of ether oxygens (including phenoxy) is 1. The highest BCUT2D eigenvalue weighted by atomic mass is 35.5. The molecule has 1 saturated heterocycles. The van der Waals surface area contributed by atoms with E-state index in [1.165, 1.54) is 24.7 Å². The number of rotatable bonds is 4. The molecule has 0 bridgehead atoms. The number of alkyl halides is 3. The molecule has 13 heteroatoms. The number of hydrogen-bond donors (Lipinski definition) is 2. The Kier molecular flexibility index (Phi) is 7.29. The highest BCUT2D eigenvalue weighted by Crippen LogP contribution is 2.42. The minimum Gasteiger partial charge on any atom is -0.444 e. The van der Waals surface area contributed by atoms with Gasteiger partial charge in [0.15, 0.2) is 17.2 Å². The second-order valence-corrected chi connectivity index (χ2v) is 12.1. The monoisotopic (exact) mass is 601 g/mol. The van der Waals surface area contributed by atoms with E-state index in [1.807, 2.05) is 19.9 Å². The first kappa shape index (κ1) is 29.5. The minimum absolute atomic E-state index is 0.00311. The summed E-state index contributed by atoms with van der Waals surface area (Å²) < 4.78 is 50.4. The number of nitriles is 1. The lowest BCUT2D eigenvalue weighted by Crippen LogP contribution is -2.58. The van der Waals surface area contributed by atoms with Crippen LogP contribution in [0.4, 0.5) is 23.8 Å². The van der Waals surface area contributed by atoms with Crippen LogP contribution in [0.25, 0.3) is 27.8 Å². The van der Waals surface area contributed by atoms with Gasteiger partial charge in [0.25, 0.3) is 0 Å². The van der Waals surface area contributed by atoms with Crippen LogP contribution in [0, 0.1) is 11.3 Å². The molecule has 1 amide bonds. The van der Waals surface area contributed by atoms with Crippen LogP contribution in [-0.2, 0) is 10.9 Å². The van der Waals surface area contributed by atoms with E-state index in [0.29, 0.717) is 30.2 Å². The normalized spacial score (nSPS) is 19.7. The number of halogens is 4. The van der Waals surface area contributed by atoms with Crippen LogP contribution in [0.3, 0.4) is 0 Å². The minimum atomic E-state index is -4.78. The number of nitrogens with zero attached hydrogens (tertiary/aromatic N) is 5. The van der Waals surface area contributed by atoms with Crippen LogP contribution >= 0.6 is 11.6 Å². The zero-order chi connectivity index (χ0) is 30.6. The summed E-state index contributed by atoms with van der Waals surface area (Å²) in [5.41, 5.74) is -1.76. The van der Waals surface area contributed by atoms with Crippen molar-refractivity contribution in [2.24, 2.45) is 0 Å². The van der Waals surface area contributed by atoms with Gasteiger partial charge in [-0.3, -0.25) is 4.40 Å². The van der Waals surface area contributed by atoms with E-state index in [9.17, 15) is 23.2 Å². The summed E-state index contributed by atoms with van der Waals surface area (Å²) in [7, 11) is 0. The molecule has 222 valence electrons. The standard InChI is InChI=1S/C29H31ClF3N7O2/c1-6-28(5)10-9-17(15-40(28)26(41)42-27(2,3)4)37-24-25-35-11-12-39(25)23(29(31,32)33)22(38-24)19-14-36-21-18(19)8-7-16(13-34)20(21)30/h7-8,11-12,14,17,36H,6,9-10,15H2,1-5H3,(H,37,38)/t17-,28?/m0/s1. The van der Waals surface area contributed by atoms with Gasteiger partial charge in [0, 0.05) is 47.7 Å². The van der Waals surface area contributed by atoms with E-state index in [0.717, 1.165) is 4.40 Å². The molecule has 0 spiro atoms. The van der Waals surface area contributed by atoms with Crippen molar-refractivity contribution in [3.63, 3.8) is 0 Å². The maximum atomic E-state index is 14.6. The number of amides is 1. The Morgan fingerprint density at radius 2 is 2.07 bits per heavy atom. The maximum absolute atomic E-state index is 14.6. The van der Waals surface area contributed by atoms with Crippen LogP contribution in [0.5, 0.6) is 0 Å². The molecule has 1 aliphatic heterocycles. The van der Waals surface area contributed by atoms with Gasteiger partial charge in [0.05, 0.1) is 16.1 Å². The van der Waals surface area contributed by atoms with E-state index in [4.69, 9.17) is 16.3 Å². The van der Waals surface area contributed by atoms with Crippen molar-refractivity contribution in [2.75, 3.05) is 11.9 Å². The van der Waals surface area contributed by atoms with Crippen LogP contribution in [0.2, 0.25) is 5.02 Å². The third-order valence-corrected chi connectivity index (χ3v) is 8.17. The topological polar surface area (TPSA) is 111 Å². The molecule has 0 aliphatic carbocycles. The predicted octanol–water partition coefficient (Wildman–Crippen LogP) is 7.40. The number of imidazole rings is 1. The fourth-order valence-electron chi connectivity index (χ4n) is 5.43. The number of nitrogens with one attached hydrogen (secondary N) is 2. The fourth-order valence-corrected chi connectivity index (χ4v) is 5.69. The summed E-state index contributed by atoms with van der Waals surface area (Å²) in [5, 5.41) is 13.1. The molecular weight excluding hydrogens is 571 g/mol. The number of carbonyl (C=O) groups excluding carboxylic acids is 1. The molecule has 1 aliphatic rings. The first-order valence-electron chi connectivity index (χ1n) is 13.6. The van der Waals surface area contributed by atoms with Crippen molar-refractivity contribution in [1.82, 2.24) is 24.3 Å². The summed E-state index contributed by atoms with van der Waals surface area (Å²) >= 11 is 6.36. The molecule has 0 saturated carbocycles.